The van der Waals surface area contributed by atoms with Gasteiger partial charge in [-0.1, -0.05) is 25.5 Å². The Bertz CT molecular complexity index is 812. The van der Waals surface area contributed by atoms with E-state index in [1.807, 2.05) is 19.1 Å². The predicted molar refractivity (Wildman–Crippen MR) is 86.8 cm³/mol. The molecule has 0 bridgehead atoms. The smallest absolute Gasteiger partial charge is 0.126 e. The van der Waals surface area contributed by atoms with Crippen LogP contribution in [0.15, 0.2) is 42.5 Å². The summed E-state index contributed by atoms with van der Waals surface area (Å²) in [4.78, 5) is 0. The van der Waals surface area contributed by atoms with Crippen molar-refractivity contribution in [3.05, 3.63) is 65.1 Å². The number of halogens is 1. The maximum absolute atomic E-state index is 13.6. The first kappa shape index (κ1) is 13.9. The lowest BCUT2D eigenvalue weighted by Crippen LogP contribution is -2.02. The summed E-state index contributed by atoms with van der Waals surface area (Å²) in [6.45, 7) is 8.29. The second kappa shape index (κ2) is 5.03. The fourth-order valence-corrected chi connectivity index (χ4v) is 2.84. The van der Waals surface area contributed by atoms with Crippen LogP contribution in [-0.2, 0) is 0 Å². The second-order valence-corrected chi connectivity index (χ2v) is 6.06. The van der Waals surface area contributed by atoms with Crippen LogP contribution in [0.2, 0.25) is 0 Å². The molecule has 3 rings (SSSR count). The monoisotopic (exact) mass is 281 g/mol. The molecule has 1 aromatic heterocycles. The highest BCUT2D eigenvalue weighted by Crippen LogP contribution is 2.30. The summed E-state index contributed by atoms with van der Waals surface area (Å²) in [7, 11) is 0. The number of benzene rings is 2. The third-order valence-corrected chi connectivity index (χ3v) is 3.98. The van der Waals surface area contributed by atoms with Crippen molar-refractivity contribution in [1.82, 2.24) is 4.57 Å². The predicted octanol–water partition coefficient (Wildman–Crippen LogP) is 5.51. The molecule has 0 atom stereocenters. The van der Waals surface area contributed by atoms with Crippen LogP contribution >= 0.6 is 0 Å². The first-order valence-corrected chi connectivity index (χ1v) is 7.36. The molecular weight excluding hydrogens is 261 g/mol. The van der Waals surface area contributed by atoms with Gasteiger partial charge in [-0.3, -0.25) is 0 Å². The van der Waals surface area contributed by atoms with E-state index in [-0.39, 0.29) is 5.82 Å². The molecular formula is C19H20FN. The minimum atomic E-state index is -0.155. The molecule has 0 unspecified atom stereocenters. The number of hydrogen-bond acceptors (Lipinski definition) is 0. The van der Waals surface area contributed by atoms with Gasteiger partial charge in [0.05, 0.1) is 5.52 Å². The lowest BCUT2D eigenvalue weighted by atomic mass is 10.1. The Hall–Kier alpha value is -2.09. The zero-order chi connectivity index (χ0) is 15.1. The molecule has 1 heterocycles. The highest BCUT2D eigenvalue weighted by Gasteiger charge is 2.14. The van der Waals surface area contributed by atoms with Gasteiger partial charge in [-0.05, 0) is 61.7 Å². The number of aryl methyl sites for hydroxylation is 2. The van der Waals surface area contributed by atoms with E-state index >= 15 is 0 Å². The molecule has 0 aliphatic carbocycles. The molecule has 3 aromatic rings. The molecule has 21 heavy (non-hydrogen) atoms. The Morgan fingerprint density at radius 2 is 1.71 bits per heavy atom. The Labute approximate surface area is 125 Å². The summed E-state index contributed by atoms with van der Waals surface area (Å²) in [6.07, 6.45) is 0. The van der Waals surface area contributed by atoms with Gasteiger partial charge in [0.1, 0.15) is 5.82 Å². The van der Waals surface area contributed by atoms with Gasteiger partial charge in [-0.2, -0.15) is 0 Å². The van der Waals surface area contributed by atoms with Gasteiger partial charge in [0.15, 0.2) is 0 Å². The Morgan fingerprint density at radius 1 is 0.952 bits per heavy atom. The molecule has 0 spiro atoms. The van der Waals surface area contributed by atoms with E-state index < -0.39 is 0 Å². The molecule has 0 radical (unpaired) electrons. The molecule has 0 amide bonds. The molecule has 1 nitrogen and oxygen atoms in total. The quantitative estimate of drug-likeness (QED) is 0.583. The summed E-state index contributed by atoms with van der Waals surface area (Å²) in [6, 6.07) is 14.0. The van der Waals surface area contributed by atoms with Crippen molar-refractivity contribution in [2.75, 3.05) is 0 Å². The third kappa shape index (κ3) is 2.35. The maximum atomic E-state index is 13.6. The first-order chi connectivity index (χ1) is 9.97. The zero-order valence-electron chi connectivity index (χ0n) is 12.9. The van der Waals surface area contributed by atoms with Crippen molar-refractivity contribution < 1.29 is 4.39 Å². The summed E-state index contributed by atoms with van der Waals surface area (Å²) in [5, 5.41) is 1.24. The van der Waals surface area contributed by atoms with Crippen LogP contribution in [0, 0.1) is 19.7 Å². The van der Waals surface area contributed by atoms with Crippen LogP contribution in [0.25, 0.3) is 16.6 Å². The fraction of sp³-hybridized carbons (Fsp3) is 0.263. The first-order valence-electron chi connectivity index (χ1n) is 7.36. The van der Waals surface area contributed by atoms with Gasteiger partial charge in [0, 0.05) is 16.8 Å². The van der Waals surface area contributed by atoms with Crippen molar-refractivity contribution in [2.24, 2.45) is 0 Å². The van der Waals surface area contributed by atoms with Crippen molar-refractivity contribution >= 4 is 10.9 Å². The molecule has 2 aromatic carbocycles. The topological polar surface area (TPSA) is 4.93 Å². The highest BCUT2D eigenvalue weighted by molar-refractivity contribution is 5.84. The van der Waals surface area contributed by atoms with Crippen molar-refractivity contribution in [1.29, 1.82) is 0 Å². The SMILES string of the molecule is Cc1ccc2c(c1)cc(C(C)C)n2-c1ccc(F)c(C)c1. The largest absolute Gasteiger partial charge is 0.313 e. The van der Waals surface area contributed by atoms with Crippen LogP contribution in [-0.4, -0.2) is 4.57 Å². The summed E-state index contributed by atoms with van der Waals surface area (Å²) >= 11 is 0. The Morgan fingerprint density at radius 3 is 2.38 bits per heavy atom. The van der Waals surface area contributed by atoms with E-state index in [0.717, 1.165) is 5.69 Å². The van der Waals surface area contributed by atoms with Crippen molar-refractivity contribution in [3.63, 3.8) is 0 Å². The van der Waals surface area contributed by atoms with E-state index in [2.05, 4.69) is 49.6 Å². The Kier molecular flexibility index (Phi) is 3.32. The van der Waals surface area contributed by atoms with E-state index in [1.165, 1.54) is 22.2 Å². The molecule has 0 saturated carbocycles. The highest BCUT2D eigenvalue weighted by atomic mass is 19.1. The zero-order valence-corrected chi connectivity index (χ0v) is 12.9. The number of rotatable bonds is 2. The van der Waals surface area contributed by atoms with E-state index in [1.54, 1.807) is 6.07 Å². The summed E-state index contributed by atoms with van der Waals surface area (Å²) in [5.74, 6) is 0.250. The fourth-order valence-electron chi connectivity index (χ4n) is 2.84. The average molecular weight is 281 g/mol. The van der Waals surface area contributed by atoms with Crippen LogP contribution in [0.3, 0.4) is 0 Å². The van der Waals surface area contributed by atoms with Crippen molar-refractivity contribution in [3.8, 4) is 5.69 Å². The van der Waals surface area contributed by atoms with Gasteiger partial charge in [-0.15, -0.1) is 0 Å². The standard InChI is InChI=1S/C19H20FN/c1-12(2)19-11-15-9-13(3)5-8-18(15)21(19)16-6-7-17(20)14(4)10-16/h5-12H,1-4H3. The number of hydrogen-bond donors (Lipinski definition) is 0. The third-order valence-electron chi connectivity index (χ3n) is 3.98. The van der Waals surface area contributed by atoms with E-state index in [9.17, 15) is 4.39 Å². The molecule has 0 aliphatic rings. The molecule has 0 N–H and O–H groups in total. The summed E-state index contributed by atoms with van der Waals surface area (Å²) < 4.78 is 15.8. The van der Waals surface area contributed by atoms with Gasteiger partial charge in [0.2, 0.25) is 0 Å². The van der Waals surface area contributed by atoms with Gasteiger partial charge in [0.25, 0.3) is 0 Å². The van der Waals surface area contributed by atoms with Gasteiger partial charge < -0.3 is 4.57 Å². The van der Waals surface area contributed by atoms with Crippen LogP contribution in [0.5, 0.6) is 0 Å². The van der Waals surface area contributed by atoms with Crippen molar-refractivity contribution in [2.45, 2.75) is 33.6 Å². The summed E-state index contributed by atoms with van der Waals surface area (Å²) in [5.41, 5.74) is 5.38. The average Bonchev–Trinajstić information content (AvgIpc) is 2.80. The lowest BCUT2D eigenvalue weighted by molar-refractivity contribution is 0.618. The second-order valence-electron chi connectivity index (χ2n) is 6.06. The Balaban J connectivity index is 2.33. The van der Waals surface area contributed by atoms with E-state index in [0.29, 0.717) is 11.5 Å². The minimum Gasteiger partial charge on any atom is -0.313 e. The normalized spacial score (nSPS) is 11.5. The number of fused-ring (bicyclic) bond motifs is 1. The van der Waals surface area contributed by atoms with E-state index in [4.69, 9.17) is 0 Å². The van der Waals surface area contributed by atoms with Crippen LogP contribution < -0.4 is 0 Å². The molecule has 108 valence electrons. The van der Waals surface area contributed by atoms with Gasteiger partial charge >= 0.3 is 0 Å². The molecule has 0 saturated heterocycles. The number of nitrogens with zero attached hydrogens (tertiary/aromatic N) is 1. The van der Waals surface area contributed by atoms with Crippen LogP contribution in [0.1, 0.15) is 36.6 Å². The van der Waals surface area contributed by atoms with Crippen LogP contribution in [0.4, 0.5) is 4.39 Å². The van der Waals surface area contributed by atoms with Gasteiger partial charge in [-0.25, -0.2) is 4.39 Å². The minimum absolute atomic E-state index is 0.155. The molecule has 2 heteroatoms. The lowest BCUT2D eigenvalue weighted by Gasteiger charge is -2.14. The maximum Gasteiger partial charge on any atom is 0.126 e. The molecule has 0 fully saturated rings. The number of aromatic nitrogens is 1. The molecule has 0 aliphatic heterocycles.